The second-order valence-electron chi connectivity index (χ2n) is 15.0. The minimum Gasteiger partial charge on any atom is -0.479 e. The second kappa shape index (κ2) is 13.5. The molecule has 0 aliphatic carbocycles. The van der Waals surface area contributed by atoms with Gasteiger partial charge in [0.1, 0.15) is 5.01 Å². The van der Waals surface area contributed by atoms with Crippen LogP contribution in [0.25, 0.3) is 31.9 Å². The molecule has 1 N–H and O–H groups in total. The summed E-state index contributed by atoms with van der Waals surface area (Å²) in [5.74, 6) is -0.459. The zero-order valence-corrected chi connectivity index (χ0v) is 31.2. The lowest BCUT2D eigenvalue weighted by atomic mass is 9.86. The number of benzene rings is 3. The molecule has 10 heteroatoms. The number of aliphatic imine (C=N–C) groups is 1. The Morgan fingerprint density at radius 3 is 2.36 bits per heavy atom. The van der Waals surface area contributed by atoms with Gasteiger partial charge in [-0.05, 0) is 108 Å². The summed E-state index contributed by atoms with van der Waals surface area (Å²) in [5, 5.41) is 11.9. The third-order valence-corrected chi connectivity index (χ3v) is 11.8. The number of piperidine rings is 1. The number of fused-ring (bicyclic) bond motifs is 2. The normalized spacial score (nSPS) is 20.5. The van der Waals surface area contributed by atoms with Crippen LogP contribution in [0.1, 0.15) is 88.3 Å². The Labute approximate surface area is 303 Å². The Balaban J connectivity index is 1.22. The number of thiazole rings is 1. The van der Waals surface area contributed by atoms with E-state index >= 15 is 0 Å². The van der Waals surface area contributed by atoms with Crippen molar-refractivity contribution >= 4 is 50.7 Å². The van der Waals surface area contributed by atoms with Crippen LogP contribution in [-0.2, 0) is 14.3 Å². The lowest BCUT2D eigenvalue weighted by Crippen LogP contribution is -2.56. The lowest BCUT2D eigenvalue weighted by molar-refractivity contribution is -0.160. The molecule has 4 aromatic rings. The molecule has 0 radical (unpaired) electrons. The monoisotopic (exact) mass is 712 g/mol. The van der Waals surface area contributed by atoms with E-state index in [1.807, 2.05) is 62.9 Å². The number of hydrogen-bond donors (Lipinski definition) is 1. The highest BCUT2D eigenvalue weighted by molar-refractivity contribution is 7.22. The van der Waals surface area contributed by atoms with Crippen molar-refractivity contribution in [2.45, 2.75) is 84.6 Å². The van der Waals surface area contributed by atoms with Gasteiger partial charge >= 0.3 is 5.97 Å². The predicted octanol–water partition coefficient (Wildman–Crippen LogP) is 8.73. The summed E-state index contributed by atoms with van der Waals surface area (Å²) in [6.07, 6.45) is 2.04. The minimum absolute atomic E-state index is 0.110. The van der Waals surface area contributed by atoms with Crippen LogP contribution in [0.2, 0.25) is 5.02 Å². The fraction of sp³-hybridized carbons (Fsp3) is 0.450. The van der Waals surface area contributed by atoms with E-state index in [-0.39, 0.29) is 11.9 Å². The molecule has 3 aliphatic heterocycles. The highest BCUT2D eigenvalue weighted by Crippen LogP contribution is 2.45. The van der Waals surface area contributed by atoms with E-state index in [1.54, 1.807) is 18.3 Å². The van der Waals surface area contributed by atoms with Crippen LogP contribution in [0.15, 0.2) is 53.5 Å². The van der Waals surface area contributed by atoms with Crippen molar-refractivity contribution in [3.63, 3.8) is 0 Å². The van der Waals surface area contributed by atoms with E-state index < -0.39 is 17.7 Å². The number of halogens is 1. The van der Waals surface area contributed by atoms with E-state index in [9.17, 15) is 14.7 Å². The number of carbonyl (C=O) groups is 2. The van der Waals surface area contributed by atoms with Gasteiger partial charge in [0.2, 0.25) is 5.91 Å². The molecule has 2 saturated heterocycles. The smallest absolute Gasteiger partial charge is 0.337 e. The van der Waals surface area contributed by atoms with E-state index in [0.29, 0.717) is 22.5 Å². The molecule has 1 amide bonds. The summed E-state index contributed by atoms with van der Waals surface area (Å²) in [6.45, 7) is 15.3. The van der Waals surface area contributed by atoms with Crippen molar-refractivity contribution in [3.8, 4) is 21.7 Å². The first-order chi connectivity index (χ1) is 23.8. The highest BCUT2D eigenvalue weighted by atomic mass is 35.5. The zero-order valence-electron chi connectivity index (χ0n) is 29.6. The van der Waals surface area contributed by atoms with Crippen molar-refractivity contribution in [3.05, 3.63) is 75.8 Å². The van der Waals surface area contributed by atoms with Gasteiger partial charge < -0.3 is 19.6 Å². The molecule has 3 aromatic carbocycles. The van der Waals surface area contributed by atoms with Crippen LogP contribution >= 0.6 is 22.9 Å². The maximum absolute atomic E-state index is 12.8. The maximum atomic E-state index is 12.8. The summed E-state index contributed by atoms with van der Waals surface area (Å²) < 4.78 is 7.11. The van der Waals surface area contributed by atoms with Crippen molar-refractivity contribution in [2.75, 3.05) is 26.2 Å². The molecular weight excluding hydrogens is 668 g/mol. The third-order valence-electron chi connectivity index (χ3n) is 10.4. The Hall–Kier alpha value is -3.63. The Kier molecular flexibility index (Phi) is 9.39. The van der Waals surface area contributed by atoms with E-state index in [2.05, 4.69) is 30.0 Å². The summed E-state index contributed by atoms with van der Waals surface area (Å²) in [4.78, 5) is 39.5. The molecule has 4 heterocycles. The van der Waals surface area contributed by atoms with Gasteiger partial charge in [-0.3, -0.25) is 9.79 Å². The molecule has 262 valence electrons. The number of aliphatic carboxylic acids is 1. The average molecular weight is 713 g/mol. The summed E-state index contributed by atoms with van der Waals surface area (Å²) in [7, 11) is 0. The van der Waals surface area contributed by atoms with E-state index in [1.165, 1.54) is 16.8 Å². The van der Waals surface area contributed by atoms with Crippen molar-refractivity contribution in [2.24, 2.45) is 10.9 Å². The van der Waals surface area contributed by atoms with Gasteiger partial charge in [0, 0.05) is 65.0 Å². The predicted molar refractivity (Wildman–Crippen MR) is 201 cm³/mol. The number of likely N-dealkylation sites (tertiary alicyclic amines) is 2. The van der Waals surface area contributed by atoms with Crippen LogP contribution in [0.4, 0.5) is 0 Å². The molecule has 7 rings (SSSR count). The molecule has 0 bridgehead atoms. The topological polar surface area (TPSA) is 95.3 Å². The number of hydrogen-bond acceptors (Lipinski definition) is 7. The van der Waals surface area contributed by atoms with Crippen LogP contribution in [0.3, 0.4) is 0 Å². The largest absolute Gasteiger partial charge is 0.479 e. The van der Waals surface area contributed by atoms with Crippen LogP contribution < -0.4 is 0 Å². The quantitative estimate of drug-likeness (QED) is 0.196. The number of amides is 1. The fourth-order valence-electron chi connectivity index (χ4n) is 7.84. The molecule has 8 nitrogen and oxygen atoms in total. The molecule has 0 saturated carbocycles. The third kappa shape index (κ3) is 6.73. The van der Waals surface area contributed by atoms with Gasteiger partial charge in [-0.2, -0.15) is 0 Å². The number of aromatic nitrogens is 1. The summed E-state index contributed by atoms with van der Waals surface area (Å²) in [6, 6.07) is 16.6. The Bertz CT molecular complexity index is 1990. The van der Waals surface area contributed by atoms with Gasteiger partial charge in [-0.15, -0.1) is 11.3 Å². The maximum Gasteiger partial charge on any atom is 0.337 e. The number of nitrogens with zero attached hydrogens (tertiary/aromatic N) is 4. The molecule has 3 atom stereocenters. The van der Waals surface area contributed by atoms with Crippen molar-refractivity contribution in [1.82, 2.24) is 14.8 Å². The first-order valence-electron chi connectivity index (χ1n) is 17.6. The molecule has 1 aromatic heterocycles. The fourth-order valence-corrected chi connectivity index (χ4v) is 9.09. The van der Waals surface area contributed by atoms with Crippen molar-refractivity contribution in [1.29, 1.82) is 0 Å². The minimum atomic E-state index is -1.16. The number of carbonyl (C=O) groups excluding carboxylic acids is 1. The Morgan fingerprint density at radius 2 is 1.74 bits per heavy atom. The van der Waals surface area contributed by atoms with Gasteiger partial charge in [-0.1, -0.05) is 35.9 Å². The Morgan fingerprint density at radius 1 is 1.04 bits per heavy atom. The van der Waals surface area contributed by atoms with E-state index in [0.717, 1.165) is 82.9 Å². The average Bonchev–Trinajstić information content (AvgIpc) is 3.62. The van der Waals surface area contributed by atoms with Gasteiger partial charge in [-0.25, -0.2) is 9.78 Å². The summed E-state index contributed by atoms with van der Waals surface area (Å²) >= 11 is 7.87. The van der Waals surface area contributed by atoms with Gasteiger partial charge in [0.05, 0.1) is 21.9 Å². The van der Waals surface area contributed by atoms with Gasteiger partial charge in [0.15, 0.2) is 6.10 Å². The SMILES string of the molecule is CC(=O)N1CCC1CN1CCC(C2=NC(C)c3ccc(-c4nc5cc(C)c([C@H](OC(C)(C)C)C(=O)O)c(-c6ccc(Cl)cc6)c5s4)cc32)CC1. The zero-order chi connectivity index (χ0) is 35.5. The lowest BCUT2D eigenvalue weighted by Gasteiger charge is -2.44. The highest BCUT2D eigenvalue weighted by Gasteiger charge is 2.36. The molecule has 3 aliphatic rings. The van der Waals surface area contributed by atoms with Crippen LogP contribution in [-0.4, -0.2) is 75.3 Å². The number of carboxylic acids is 1. The van der Waals surface area contributed by atoms with Crippen LogP contribution in [0, 0.1) is 12.8 Å². The molecule has 2 unspecified atom stereocenters. The molecular formula is C40H45ClN4O4S. The first kappa shape index (κ1) is 34.8. The standard InChI is InChI=1S/C40H45ClN4O4S/c1-22-19-32-37(34(25-7-10-28(41)11-8-25)33(22)36(39(47)48)49-40(4,5)6)50-38(43-32)27-9-12-30-23(2)42-35(31(30)20-27)26-13-16-44(17-14-26)21-29-15-18-45(29)24(3)46/h7-12,19-20,23,26,29,36H,13-18,21H2,1-6H3,(H,47,48)/t23?,29?,36-/m0/s1. The number of carboxylic acid groups (broad SMARTS) is 1. The van der Waals surface area contributed by atoms with E-state index in [4.69, 9.17) is 26.3 Å². The van der Waals surface area contributed by atoms with Crippen LogP contribution in [0.5, 0.6) is 0 Å². The molecule has 0 spiro atoms. The summed E-state index contributed by atoms with van der Waals surface area (Å²) in [5.41, 5.74) is 7.97. The second-order valence-corrected chi connectivity index (χ2v) is 16.5. The number of aryl methyl sites for hydroxylation is 1. The van der Waals surface area contributed by atoms with Gasteiger partial charge in [0.25, 0.3) is 0 Å². The van der Waals surface area contributed by atoms with Crippen molar-refractivity contribution < 1.29 is 19.4 Å². The number of rotatable bonds is 8. The molecule has 50 heavy (non-hydrogen) atoms. The molecule has 2 fully saturated rings. The number of ether oxygens (including phenoxy) is 1. The first-order valence-corrected chi connectivity index (χ1v) is 18.8.